The molecule has 0 fully saturated rings. The van der Waals surface area contributed by atoms with Crippen molar-refractivity contribution in [2.45, 2.75) is 20.4 Å². The highest BCUT2D eigenvalue weighted by Crippen LogP contribution is 2.05. The molecule has 0 saturated heterocycles. The van der Waals surface area contributed by atoms with Crippen molar-refractivity contribution in [3.8, 4) is 5.88 Å². The predicted octanol–water partition coefficient (Wildman–Crippen LogP) is 0.952. The molecule has 1 aromatic rings. The Balaban J connectivity index is 2.15. The van der Waals surface area contributed by atoms with Gasteiger partial charge in [-0.1, -0.05) is 19.9 Å². The van der Waals surface area contributed by atoms with Gasteiger partial charge in [0.15, 0.2) is 0 Å². The van der Waals surface area contributed by atoms with Gasteiger partial charge in [-0.15, -0.1) is 0 Å². The minimum absolute atomic E-state index is 0.0378. The van der Waals surface area contributed by atoms with Gasteiger partial charge in [-0.05, 0) is 5.56 Å². The maximum Gasteiger partial charge on any atom is 0.222 e. The summed E-state index contributed by atoms with van der Waals surface area (Å²) in [5.41, 5.74) is 1.09. The van der Waals surface area contributed by atoms with Crippen LogP contribution in [0.4, 0.5) is 0 Å². The van der Waals surface area contributed by atoms with Crippen LogP contribution in [0.3, 0.4) is 0 Å². The molecule has 1 amide bonds. The highest BCUT2D eigenvalue weighted by Gasteiger charge is 2.04. The Labute approximate surface area is 108 Å². The van der Waals surface area contributed by atoms with Crippen molar-refractivity contribution in [2.24, 2.45) is 5.92 Å². The number of hydrogen-bond donors (Lipinski definition) is 2. The second kappa shape index (κ2) is 7.66. The fourth-order valence-electron chi connectivity index (χ4n) is 1.35. The van der Waals surface area contributed by atoms with Gasteiger partial charge in [0.25, 0.3) is 0 Å². The fraction of sp³-hybridized carbons (Fsp3) is 0.538. The van der Waals surface area contributed by atoms with Gasteiger partial charge in [0.05, 0.1) is 7.11 Å². The molecule has 1 rings (SSSR count). The molecule has 0 saturated carbocycles. The molecule has 1 heterocycles. The summed E-state index contributed by atoms with van der Waals surface area (Å²) in [6.07, 6.45) is 1.78. The third kappa shape index (κ3) is 5.14. The molecule has 0 bridgehead atoms. The number of hydrogen-bond acceptors (Lipinski definition) is 4. The van der Waals surface area contributed by atoms with Crippen LogP contribution in [0, 0.1) is 5.92 Å². The largest absolute Gasteiger partial charge is 0.481 e. The van der Waals surface area contributed by atoms with Crippen LogP contribution in [-0.4, -0.2) is 31.1 Å². The van der Waals surface area contributed by atoms with Crippen molar-refractivity contribution in [2.75, 3.05) is 20.2 Å². The first-order valence-electron chi connectivity index (χ1n) is 6.11. The molecule has 0 radical (unpaired) electrons. The first-order valence-corrected chi connectivity index (χ1v) is 6.11. The van der Waals surface area contributed by atoms with Crippen LogP contribution >= 0.6 is 0 Å². The highest BCUT2D eigenvalue weighted by molar-refractivity contribution is 5.77. The van der Waals surface area contributed by atoms with E-state index in [-0.39, 0.29) is 11.8 Å². The molecule has 0 aliphatic heterocycles. The van der Waals surface area contributed by atoms with E-state index in [4.69, 9.17) is 4.74 Å². The maximum absolute atomic E-state index is 11.3. The number of nitrogens with zero attached hydrogens (tertiary/aromatic N) is 1. The summed E-state index contributed by atoms with van der Waals surface area (Å²) in [6, 6.07) is 3.79. The molecule has 0 aliphatic rings. The van der Waals surface area contributed by atoms with Gasteiger partial charge in [0, 0.05) is 37.8 Å². The highest BCUT2D eigenvalue weighted by atomic mass is 16.5. The predicted molar refractivity (Wildman–Crippen MR) is 70.3 cm³/mol. The zero-order valence-corrected chi connectivity index (χ0v) is 11.2. The molecule has 2 N–H and O–H groups in total. The Hall–Kier alpha value is -1.62. The third-order valence-corrected chi connectivity index (χ3v) is 2.46. The number of aromatic nitrogens is 1. The summed E-state index contributed by atoms with van der Waals surface area (Å²) in [5, 5.41) is 6.09. The minimum Gasteiger partial charge on any atom is -0.481 e. The Morgan fingerprint density at radius 1 is 1.39 bits per heavy atom. The molecule has 0 atom stereocenters. The standard InChI is InChI=1S/C13H21N3O2/c1-10(2)13(17)15-7-6-14-8-11-4-5-12(18-3)16-9-11/h4-5,9-10,14H,6-8H2,1-3H3,(H,15,17). The van der Waals surface area contributed by atoms with Crippen molar-refractivity contribution in [1.82, 2.24) is 15.6 Å². The van der Waals surface area contributed by atoms with Crippen LogP contribution in [0.1, 0.15) is 19.4 Å². The summed E-state index contributed by atoms with van der Waals surface area (Å²) in [7, 11) is 1.59. The Kier molecular flexibility index (Phi) is 6.14. The lowest BCUT2D eigenvalue weighted by molar-refractivity contribution is -0.123. The van der Waals surface area contributed by atoms with Crippen LogP contribution in [0.25, 0.3) is 0 Å². The van der Waals surface area contributed by atoms with E-state index >= 15 is 0 Å². The SMILES string of the molecule is COc1ccc(CNCCNC(=O)C(C)C)cn1. The summed E-state index contributed by atoms with van der Waals surface area (Å²) >= 11 is 0. The summed E-state index contributed by atoms with van der Waals surface area (Å²) in [4.78, 5) is 15.4. The van der Waals surface area contributed by atoms with E-state index in [0.29, 0.717) is 12.4 Å². The van der Waals surface area contributed by atoms with Crippen molar-refractivity contribution in [3.63, 3.8) is 0 Å². The summed E-state index contributed by atoms with van der Waals surface area (Å²) in [5.74, 6) is 0.738. The number of carbonyl (C=O) groups excluding carboxylic acids is 1. The number of rotatable bonds is 7. The van der Waals surface area contributed by atoms with Crippen LogP contribution < -0.4 is 15.4 Å². The monoisotopic (exact) mass is 251 g/mol. The third-order valence-electron chi connectivity index (χ3n) is 2.46. The molecule has 0 spiro atoms. The molecule has 1 aromatic heterocycles. The van der Waals surface area contributed by atoms with E-state index in [1.807, 2.05) is 26.0 Å². The minimum atomic E-state index is 0.0378. The van der Waals surface area contributed by atoms with E-state index in [9.17, 15) is 4.79 Å². The van der Waals surface area contributed by atoms with E-state index in [2.05, 4.69) is 15.6 Å². The fourth-order valence-corrected chi connectivity index (χ4v) is 1.35. The molecular formula is C13H21N3O2. The topological polar surface area (TPSA) is 63.2 Å². The van der Waals surface area contributed by atoms with Gasteiger partial charge < -0.3 is 15.4 Å². The normalized spacial score (nSPS) is 10.4. The van der Waals surface area contributed by atoms with Crippen LogP contribution in [0.5, 0.6) is 5.88 Å². The zero-order valence-electron chi connectivity index (χ0n) is 11.2. The molecule has 5 nitrogen and oxygen atoms in total. The average molecular weight is 251 g/mol. The number of methoxy groups -OCH3 is 1. The van der Waals surface area contributed by atoms with Gasteiger partial charge >= 0.3 is 0 Å². The second-order valence-electron chi connectivity index (χ2n) is 4.33. The maximum atomic E-state index is 11.3. The number of amides is 1. The summed E-state index contributed by atoms with van der Waals surface area (Å²) in [6.45, 7) is 5.87. The number of nitrogens with one attached hydrogen (secondary N) is 2. The molecular weight excluding hydrogens is 230 g/mol. The lowest BCUT2D eigenvalue weighted by atomic mass is 10.2. The molecule has 18 heavy (non-hydrogen) atoms. The Morgan fingerprint density at radius 3 is 2.72 bits per heavy atom. The molecule has 0 aliphatic carbocycles. The number of pyridine rings is 1. The lowest BCUT2D eigenvalue weighted by Gasteiger charge is -2.08. The number of ether oxygens (including phenoxy) is 1. The van der Waals surface area contributed by atoms with Gasteiger partial charge in [0.1, 0.15) is 0 Å². The van der Waals surface area contributed by atoms with Crippen molar-refractivity contribution in [1.29, 1.82) is 0 Å². The van der Waals surface area contributed by atoms with Crippen molar-refractivity contribution >= 4 is 5.91 Å². The van der Waals surface area contributed by atoms with E-state index in [0.717, 1.165) is 18.7 Å². The van der Waals surface area contributed by atoms with E-state index in [1.54, 1.807) is 13.3 Å². The smallest absolute Gasteiger partial charge is 0.222 e. The van der Waals surface area contributed by atoms with Gasteiger partial charge in [-0.25, -0.2) is 4.98 Å². The van der Waals surface area contributed by atoms with Crippen LogP contribution in [-0.2, 0) is 11.3 Å². The Morgan fingerprint density at radius 2 is 2.17 bits per heavy atom. The van der Waals surface area contributed by atoms with E-state index < -0.39 is 0 Å². The zero-order chi connectivity index (χ0) is 13.4. The molecule has 0 aromatic carbocycles. The van der Waals surface area contributed by atoms with Crippen molar-refractivity contribution in [3.05, 3.63) is 23.9 Å². The lowest BCUT2D eigenvalue weighted by Crippen LogP contribution is -2.34. The average Bonchev–Trinajstić information content (AvgIpc) is 2.38. The van der Waals surface area contributed by atoms with Gasteiger partial charge in [-0.3, -0.25) is 4.79 Å². The first-order chi connectivity index (χ1) is 8.63. The molecule has 5 heteroatoms. The van der Waals surface area contributed by atoms with Crippen LogP contribution in [0.2, 0.25) is 0 Å². The van der Waals surface area contributed by atoms with Crippen LogP contribution in [0.15, 0.2) is 18.3 Å². The second-order valence-corrected chi connectivity index (χ2v) is 4.33. The quantitative estimate of drug-likeness (QED) is 0.708. The van der Waals surface area contributed by atoms with Gasteiger partial charge in [0.2, 0.25) is 11.8 Å². The summed E-state index contributed by atoms with van der Waals surface area (Å²) < 4.78 is 4.98. The van der Waals surface area contributed by atoms with E-state index in [1.165, 1.54) is 0 Å². The van der Waals surface area contributed by atoms with Gasteiger partial charge in [-0.2, -0.15) is 0 Å². The first kappa shape index (κ1) is 14.4. The van der Waals surface area contributed by atoms with Crippen molar-refractivity contribution < 1.29 is 9.53 Å². The molecule has 0 unspecified atom stereocenters. The Bertz CT molecular complexity index is 363. The molecule has 100 valence electrons. The number of carbonyl (C=O) groups is 1.